The van der Waals surface area contributed by atoms with Crippen LogP contribution in [0.25, 0.3) is 11.2 Å². The average Bonchev–Trinajstić information content (AvgIpc) is 3.45. The Hall–Kier alpha value is -2.11. The van der Waals surface area contributed by atoms with E-state index in [0.29, 0.717) is 17.6 Å². The Morgan fingerprint density at radius 2 is 2.00 bits per heavy atom. The molecule has 13 nitrogen and oxygen atoms in total. The van der Waals surface area contributed by atoms with E-state index in [1.165, 1.54) is 4.67 Å². The van der Waals surface area contributed by atoms with Crippen molar-refractivity contribution >= 4 is 49.4 Å². The Labute approximate surface area is 253 Å². The first-order valence-corrected chi connectivity index (χ1v) is 19.3. The number of fused-ring (bicyclic) bond motifs is 1. The van der Waals surface area contributed by atoms with Gasteiger partial charge < -0.3 is 18.4 Å². The maximum Gasteiger partial charge on any atom is 0.362 e. The number of hydrogen-bond acceptors (Lipinski definition) is 10. The van der Waals surface area contributed by atoms with E-state index in [1.54, 1.807) is 45.8 Å². The van der Waals surface area contributed by atoms with Gasteiger partial charge in [-0.1, -0.05) is 34.6 Å². The van der Waals surface area contributed by atoms with E-state index in [9.17, 15) is 9.36 Å². The van der Waals surface area contributed by atoms with E-state index >= 15 is 0 Å². The summed E-state index contributed by atoms with van der Waals surface area (Å²) in [4.78, 5) is 26.0. The van der Waals surface area contributed by atoms with Crippen LogP contribution in [0.15, 0.2) is 6.33 Å². The Bertz CT molecular complexity index is 1360. The van der Waals surface area contributed by atoms with E-state index in [0.717, 1.165) is 0 Å². The minimum absolute atomic E-state index is 0.0446. The molecule has 1 fully saturated rings. The summed E-state index contributed by atoms with van der Waals surface area (Å²) in [6, 6.07) is 2.08. The Morgan fingerprint density at radius 1 is 1.33 bits per heavy atom. The van der Waals surface area contributed by atoms with Gasteiger partial charge in [-0.3, -0.25) is 19.2 Å². The lowest BCUT2D eigenvalue weighted by molar-refractivity contribution is -0.118. The number of imidazole rings is 1. The number of nitrogens with one attached hydrogen (secondary N) is 1. The summed E-state index contributed by atoms with van der Waals surface area (Å²) in [5, 5.41) is 11.8. The second-order valence-electron chi connectivity index (χ2n) is 12.5. The molecule has 1 N–H and O–H groups in total. The summed E-state index contributed by atoms with van der Waals surface area (Å²) in [6.45, 7) is 12.4. The van der Waals surface area contributed by atoms with Crippen LogP contribution in [0.4, 0.5) is 5.95 Å². The van der Waals surface area contributed by atoms with E-state index in [1.807, 2.05) is 0 Å². The van der Waals surface area contributed by atoms with E-state index in [-0.39, 0.29) is 47.8 Å². The lowest BCUT2D eigenvalue weighted by atomic mass is 10.2. The number of nitrogens with zero attached hydrogens (tertiary/aromatic N) is 6. The molecule has 0 spiro atoms. The van der Waals surface area contributed by atoms with Crippen LogP contribution in [0.1, 0.15) is 60.6 Å². The topological polar surface area (TPSA) is 154 Å². The number of halogens is 1. The highest BCUT2D eigenvalue weighted by atomic mass is 35.7. The van der Waals surface area contributed by atoms with Crippen molar-refractivity contribution in [2.75, 3.05) is 26.0 Å². The molecule has 3 heterocycles. The van der Waals surface area contributed by atoms with Gasteiger partial charge in [-0.25, -0.2) is 9.65 Å². The van der Waals surface area contributed by atoms with Crippen molar-refractivity contribution in [3.05, 3.63) is 6.33 Å². The van der Waals surface area contributed by atoms with Gasteiger partial charge in [0, 0.05) is 12.3 Å². The molecule has 1 aliphatic heterocycles. The Morgan fingerprint density at radius 3 is 2.57 bits per heavy atom. The van der Waals surface area contributed by atoms with Gasteiger partial charge in [0.1, 0.15) is 18.4 Å². The van der Waals surface area contributed by atoms with Crippen molar-refractivity contribution in [2.45, 2.75) is 97.1 Å². The molecule has 5 atom stereocenters. The molecule has 0 radical (unpaired) electrons. The molecule has 1 saturated heterocycles. The molecule has 3 rings (SSSR count). The standard InChI is InChI=1S/C26H43ClN7O6PSi/c1-16(2)23(35)31-25-30-22-21(24(32-25)38-17(3)11-12-28)29-15-34(22)20-13-18(40-42(9,10)26(4,5)6)19(39-20)14-37-41(27,36)33(7)8/h15-20H,11,13-14H2,1-10H3,(H,30,31,32,35)/t17?,18-,19+,20+,41?/m0/s1. The van der Waals surface area contributed by atoms with Gasteiger partial charge in [-0.2, -0.15) is 15.2 Å². The summed E-state index contributed by atoms with van der Waals surface area (Å²) in [5.41, 5.74) is 0.725. The lowest BCUT2D eigenvalue weighted by Crippen LogP contribution is -2.46. The van der Waals surface area contributed by atoms with Gasteiger partial charge >= 0.3 is 6.87 Å². The van der Waals surface area contributed by atoms with Crippen molar-refractivity contribution < 1.29 is 27.8 Å². The molecule has 0 bridgehead atoms. The van der Waals surface area contributed by atoms with Gasteiger partial charge in [0.15, 0.2) is 19.5 Å². The first-order valence-electron chi connectivity index (χ1n) is 13.9. The number of carbonyl (C=O) groups excluding carboxylic acids is 1. The zero-order chi connectivity index (χ0) is 31.6. The highest BCUT2D eigenvalue weighted by molar-refractivity contribution is 7.83. The summed E-state index contributed by atoms with van der Waals surface area (Å²) < 4.78 is 40.6. The van der Waals surface area contributed by atoms with Gasteiger partial charge in [0.25, 0.3) is 0 Å². The van der Waals surface area contributed by atoms with E-state index in [2.05, 4.69) is 60.2 Å². The van der Waals surface area contributed by atoms with Crippen molar-refractivity contribution in [2.24, 2.45) is 5.92 Å². The normalized spacial score (nSPS) is 21.9. The van der Waals surface area contributed by atoms with Crippen LogP contribution in [0.5, 0.6) is 5.88 Å². The zero-order valence-corrected chi connectivity index (χ0v) is 28.7. The smallest absolute Gasteiger partial charge is 0.362 e. The fourth-order valence-electron chi connectivity index (χ4n) is 3.84. The van der Waals surface area contributed by atoms with Crippen LogP contribution < -0.4 is 10.1 Å². The molecule has 16 heteroatoms. The number of nitriles is 1. The first-order chi connectivity index (χ1) is 19.4. The molecule has 2 unspecified atom stereocenters. The summed E-state index contributed by atoms with van der Waals surface area (Å²) in [5.74, 6) is -0.381. The zero-order valence-electron chi connectivity index (χ0n) is 26.0. The fraction of sp³-hybridized carbons (Fsp3) is 0.731. The number of amides is 1. The molecule has 0 aliphatic carbocycles. The molecule has 0 saturated carbocycles. The van der Waals surface area contributed by atoms with E-state index in [4.69, 9.17) is 34.9 Å². The Balaban J connectivity index is 2.02. The number of rotatable bonds is 12. The predicted octanol–water partition coefficient (Wildman–Crippen LogP) is 5.70. The lowest BCUT2D eigenvalue weighted by Gasteiger charge is -2.39. The van der Waals surface area contributed by atoms with Crippen molar-refractivity contribution in [3.8, 4) is 11.9 Å². The molecule has 234 valence electrons. The minimum atomic E-state index is -3.54. The molecule has 2 aromatic heterocycles. The highest BCUT2D eigenvalue weighted by Gasteiger charge is 2.46. The van der Waals surface area contributed by atoms with Crippen LogP contribution in [-0.2, 0) is 23.0 Å². The molecule has 1 aliphatic rings. The van der Waals surface area contributed by atoms with Crippen molar-refractivity contribution in [1.29, 1.82) is 5.26 Å². The summed E-state index contributed by atoms with van der Waals surface area (Å²) in [6.07, 6.45) is 0.110. The molecular formula is C26H43ClN7O6PSi. The predicted molar refractivity (Wildman–Crippen MR) is 163 cm³/mol. The molecule has 42 heavy (non-hydrogen) atoms. The average molecular weight is 644 g/mol. The highest BCUT2D eigenvalue weighted by Crippen LogP contribution is 2.54. The van der Waals surface area contributed by atoms with Crippen LogP contribution in [0.2, 0.25) is 18.1 Å². The third-order valence-electron chi connectivity index (χ3n) is 7.46. The molecular weight excluding hydrogens is 601 g/mol. The number of hydrogen-bond donors (Lipinski definition) is 1. The SMILES string of the molecule is CC(CC#N)Oc1nc(NC(=O)C(C)C)nc2c1ncn2[C@H]1C[C@H](O[Si](C)(C)C(C)(C)C)[C@@H](COP(=O)(Cl)N(C)C)O1. The monoisotopic (exact) mass is 643 g/mol. The van der Waals surface area contributed by atoms with Crippen LogP contribution >= 0.6 is 18.1 Å². The van der Waals surface area contributed by atoms with Gasteiger partial charge in [-0.15, -0.1) is 0 Å². The first kappa shape index (κ1) is 34.4. The fourth-order valence-corrected chi connectivity index (χ4v) is 5.93. The van der Waals surface area contributed by atoms with Gasteiger partial charge in [0.05, 0.1) is 31.5 Å². The molecule has 0 aromatic carbocycles. The minimum Gasteiger partial charge on any atom is -0.472 e. The second-order valence-corrected chi connectivity index (χ2v) is 20.5. The van der Waals surface area contributed by atoms with E-state index < -0.39 is 33.6 Å². The van der Waals surface area contributed by atoms with Crippen molar-refractivity contribution in [3.63, 3.8) is 0 Å². The summed E-state index contributed by atoms with van der Waals surface area (Å²) in [7, 11) is 0.924. The van der Waals surface area contributed by atoms with Gasteiger partial charge in [-0.05, 0) is 50.4 Å². The summed E-state index contributed by atoms with van der Waals surface area (Å²) >= 11 is 6.15. The van der Waals surface area contributed by atoms with Crippen LogP contribution in [-0.4, -0.2) is 77.4 Å². The number of ether oxygens (including phenoxy) is 2. The maximum atomic E-state index is 12.7. The second kappa shape index (κ2) is 13.3. The number of carbonyl (C=O) groups is 1. The van der Waals surface area contributed by atoms with Gasteiger partial charge in [0.2, 0.25) is 17.7 Å². The number of aromatic nitrogens is 4. The molecule has 1 amide bonds. The van der Waals surface area contributed by atoms with Crippen molar-refractivity contribution in [1.82, 2.24) is 24.2 Å². The third-order valence-corrected chi connectivity index (χ3v) is 14.6. The number of anilines is 1. The Kier molecular flexibility index (Phi) is 10.9. The largest absolute Gasteiger partial charge is 0.472 e. The van der Waals surface area contributed by atoms with Crippen LogP contribution in [0, 0.1) is 17.2 Å². The van der Waals surface area contributed by atoms with Crippen LogP contribution in [0.3, 0.4) is 0 Å². The molecule has 2 aromatic rings. The third kappa shape index (κ3) is 8.08. The quantitative estimate of drug-likeness (QED) is 0.224. The maximum absolute atomic E-state index is 12.7.